The van der Waals surface area contributed by atoms with E-state index in [1.807, 2.05) is 6.92 Å². The van der Waals surface area contributed by atoms with Gasteiger partial charge in [-0.2, -0.15) is 0 Å². The van der Waals surface area contributed by atoms with Gasteiger partial charge in [0.25, 0.3) is 0 Å². The van der Waals surface area contributed by atoms with Crippen molar-refractivity contribution in [3.8, 4) is 0 Å². The van der Waals surface area contributed by atoms with Gasteiger partial charge >= 0.3 is 0 Å². The van der Waals surface area contributed by atoms with Gasteiger partial charge in [0.15, 0.2) is 0 Å². The molecule has 1 aliphatic carbocycles. The summed E-state index contributed by atoms with van der Waals surface area (Å²) < 4.78 is 0.352. The summed E-state index contributed by atoms with van der Waals surface area (Å²) in [5.74, 6) is 0. The first-order valence-corrected chi connectivity index (χ1v) is 6.18. The fourth-order valence-electron chi connectivity index (χ4n) is 3.29. The van der Waals surface area contributed by atoms with Crippen molar-refractivity contribution in [1.82, 2.24) is 0 Å². The lowest BCUT2D eigenvalue weighted by Gasteiger charge is -2.52. The monoisotopic (exact) mass is 296 g/mol. The first-order chi connectivity index (χ1) is 5.57. The Bertz CT molecular complexity index is 186. The third-order valence-corrected chi connectivity index (χ3v) is 6.03. The lowest BCUT2D eigenvalue weighted by atomic mass is 9.60. The number of hydrogen-bond donors (Lipinski definition) is 1. The van der Waals surface area contributed by atoms with Gasteiger partial charge in [-0.15, -0.1) is 0 Å². The van der Waals surface area contributed by atoms with Crippen molar-refractivity contribution in [2.24, 2.45) is 10.8 Å². The average Bonchev–Trinajstić information content (AvgIpc) is 1.77. The molecule has 0 aromatic heterocycles. The maximum absolute atomic E-state index is 10.3. The van der Waals surface area contributed by atoms with Crippen molar-refractivity contribution >= 4 is 22.6 Å². The highest BCUT2D eigenvalue weighted by Crippen LogP contribution is 2.53. The summed E-state index contributed by atoms with van der Waals surface area (Å²) in [4.78, 5) is 0. The second-order valence-corrected chi connectivity index (χ2v) is 7.47. The van der Waals surface area contributed by atoms with Gasteiger partial charge in [0.1, 0.15) is 0 Å². The molecule has 0 aromatic rings. The highest BCUT2D eigenvalue weighted by Gasteiger charge is 2.50. The minimum Gasteiger partial charge on any atom is -0.389 e. The summed E-state index contributed by atoms with van der Waals surface area (Å²) in [5.41, 5.74) is 0.00624. The quantitative estimate of drug-likeness (QED) is 0.536. The van der Waals surface area contributed by atoms with Crippen LogP contribution in [0.5, 0.6) is 0 Å². The summed E-state index contributed by atoms with van der Waals surface area (Å²) in [6.07, 6.45) is 2.11. The van der Waals surface area contributed by atoms with Crippen molar-refractivity contribution < 1.29 is 5.11 Å². The highest BCUT2D eigenvalue weighted by molar-refractivity contribution is 14.1. The molecule has 2 heteroatoms. The average molecular weight is 296 g/mol. The van der Waals surface area contributed by atoms with E-state index in [2.05, 4.69) is 50.3 Å². The minimum absolute atomic E-state index is 0.242. The molecule has 1 N–H and O–H groups in total. The molecule has 0 bridgehead atoms. The van der Waals surface area contributed by atoms with Gasteiger partial charge in [0, 0.05) is 3.92 Å². The summed E-state index contributed by atoms with van der Waals surface area (Å²) in [5, 5.41) is 10.3. The Labute approximate surface area is 95.4 Å². The van der Waals surface area contributed by atoms with E-state index in [1.165, 1.54) is 6.42 Å². The minimum atomic E-state index is -0.508. The standard InChI is InChI=1S/C11H21IO/c1-9(2)6-10(3,4)8(12)11(5,13)7-9/h8,13H,6-7H2,1-5H3. The largest absolute Gasteiger partial charge is 0.389 e. The van der Waals surface area contributed by atoms with Gasteiger partial charge in [0.2, 0.25) is 0 Å². The van der Waals surface area contributed by atoms with Crippen LogP contribution in [0.2, 0.25) is 0 Å². The van der Waals surface area contributed by atoms with E-state index in [0.29, 0.717) is 3.92 Å². The third-order valence-electron chi connectivity index (χ3n) is 3.00. The summed E-state index contributed by atoms with van der Waals surface area (Å²) in [6, 6.07) is 0. The molecule has 13 heavy (non-hydrogen) atoms. The van der Waals surface area contributed by atoms with Crippen LogP contribution in [0.1, 0.15) is 47.5 Å². The van der Waals surface area contributed by atoms with Gasteiger partial charge in [-0.25, -0.2) is 0 Å². The lowest BCUT2D eigenvalue weighted by molar-refractivity contribution is -0.0597. The summed E-state index contributed by atoms with van der Waals surface area (Å²) in [6.45, 7) is 11.0. The molecule has 1 saturated carbocycles. The zero-order chi connectivity index (χ0) is 10.5. The molecule has 0 saturated heterocycles. The Kier molecular flexibility index (Phi) is 2.80. The van der Waals surface area contributed by atoms with E-state index in [4.69, 9.17) is 0 Å². The zero-order valence-electron chi connectivity index (χ0n) is 9.32. The van der Waals surface area contributed by atoms with Gasteiger partial charge < -0.3 is 5.11 Å². The molecule has 2 unspecified atom stereocenters. The van der Waals surface area contributed by atoms with E-state index in [9.17, 15) is 5.11 Å². The molecule has 2 atom stereocenters. The summed E-state index contributed by atoms with van der Waals surface area (Å²) >= 11 is 2.41. The van der Waals surface area contributed by atoms with Crippen molar-refractivity contribution in [3.05, 3.63) is 0 Å². The molecule has 0 amide bonds. The van der Waals surface area contributed by atoms with Crippen LogP contribution in [0.15, 0.2) is 0 Å². The van der Waals surface area contributed by atoms with Crippen molar-refractivity contribution in [1.29, 1.82) is 0 Å². The van der Waals surface area contributed by atoms with Gasteiger partial charge in [-0.3, -0.25) is 0 Å². The van der Waals surface area contributed by atoms with E-state index in [0.717, 1.165) is 6.42 Å². The highest BCUT2D eigenvalue weighted by atomic mass is 127. The number of halogens is 1. The van der Waals surface area contributed by atoms with E-state index >= 15 is 0 Å². The Morgan fingerprint density at radius 2 is 1.54 bits per heavy atom. The van der Waals surface area contributed by atoms with Crippen molar-refractivity contribution in [3.63, 3.8) is 0 Å². The maximum Gasteiger partial charge on any atom is 0.0747 e. The van der Waals surface area contributed by atoms with Crippen molar-refractivity contribution in [2.45, 2.75) is 57.0 Å². The van der Waals surface area contributed by atoms with E-state index in [-0.39, 0.29) is 10.8 Å². The van der Waals surface area contributed by atoms with E-state index < -0.39 is 5.60 Å². The first-order valence-electron chi connectivity index (χ1n) is 4.93. The predicted octanol–water partition coefficient (Wildman–Crippen LogP) is 3.39. The van der Waals surface area contributed by atoms with Crippen LogP contribution in [-0.4, -0.2) is 14.6 Å². The molecule has 0 spiro atoms. The number of hydrogen-bond acceptors (Lipinski definition) is 1. The van der Waals surface area contributed by atoms with Crippen LogP contribution in [0, 0.1) is 10.8 Å². The maximum atomic E-state index is 10.3. The third kappa shape index (κ3) is 2.38. The second kappa shape index (κ2) is 3.09. The smallest absolute Gasteiger partial charge is 0.0747 e. The number of rotatable bonds is 0. The Hall–Kier alpha value is 0.690. The van der Waals surface area contributed by atoms with Crippen LogP contribution >= 0.6 is 22.6 Å². The lowest BCUT2D eigenvalue weighted by Crippen LogP contribution is -2.53. The fourth-order valence-corrected chi connectivity index (χ4v) is 3.73. The van der Waals surface area contributed by atoms with Crippen molar-refractivity contribution in [2.75, 3.05) is 0 Å². The summed E-state index contributed by atoms with van der Waals surface area (Å²) in [7, 11) is 0. The molecule has 1 aliphatic rings. The SMILES string of the molecule is CC1(C)CC(C)(C)C(I)C(C)(O)C1. The molecular weight excluding hydrogens is 275 g/mol. The first kappa shape index (κ1) is 11.8. The molecule has 0 radical (unpaired) electrons. The molecule has 1 fully saturated rings. The number of aliphatic hydroxyl groups is 1. The van der Waals surface area contributed by atoms with E-state index in [1.54, 1.807) is 0 Å². The fraction of sp³-hybridized carbons (Fsp3) is 1.00. The van der Waals surface area contributed by atoms with Crippen LogP contribution in [0.4, 0.5) is 0 Å². The van der Waals surface area contributed by atoms with Crippen LogP contribution in [0.25, 0.3) is 0 Å². The van der Waals surface area contributed by atoms with Crippen LogP contribution in [-0.2, 0) is 0 Å². The van der Waals surface area contributed by atoms with Crippen LogP contribution in [0.3, 0.4) is 0 Å². The molecule has 1 rings (SSSR count). The van der Waals surface area contributed by atoms with Gasteiger partial charge in [-0.05, 0) is 30.6 Å². The van der Waals surface area contributed by atoms with Crippen LogP contribution < -0.4 is 0 Å². The van der Waals surface area contributed by atoms with Gasteiger partial charge in [0.05, 0.1) is 5.60 Å². The normalized spacial score (nSPS) is 43.2. The number of alkyl halides is 1. The van der Waals surface area contributed by atoms with Gasteiger partial charge in [-0.1, -0.05) is 50.3 Å². The molecule has 1 nitrogen and oxygen atoms in total. The molecule has 0 heterocycles. The topological polar surface area (TPSA) is 20.2 Å². The molecule has 78 valence electrons. The zero-order valence-corrected chi connectivity index (χ0v) is 11.5. The second-order valence-electron chi connectivity index (χ2n) is 6.23. The molecular formula is C11H21IO. The Morgan fingerprint density at radius 3 is 1.92 bits per heavy atom. The Balaban J connectivity index is 2.96. The predicted molar refractivity (Wildman–Crippen MR) is 65.2 cm³/mol. The molecule has 0 aromatic carbocycles. The Morgan fingerprint density at radius 1 is 1.08 bits per heavy atom. The molecule has 0 aliphatic heterocycles.